The van der Waals surface area contributed by atoms with Crippen LogP contribution in [-0.4, -0.2) is 35.4 Å². The van der Waals surface area contributed by atoms with Crippen molar-refractivity contribution in [3.8, 4) is 22.8 Å². The number of rotatable bonds is 10. The smallest absolute Gasteiger partial charge is 0.266 e. The van der Waals surface area contributed by atoms with E-state index in [2.05, 4.69) is 24.3 Å². The first kappa shape index (κ1) is 24.0. The number of carbonyl (C=O) groups is 1. The molecule has 1 heterocycles. The molecule has 0 saturated carbocycles. The van der Waals surface area contributed by atoms with Crippen LogP contribution in [0.5, 0.6) is 11.5 Å². The lowest BCUT2D eigenvalue weighted by Gasteiger charge is -2.15. The summed E-state index contributed by atoms with van der Waals surface area (Å²) < 4.78 is 12.6. The lowest BCUT2D eigenvalue weighted by Crippen LogP contribution is -2.34. The molecule has 7 nitrogen and oxygen atoms in total. The number of amides is 1. The van der Waals surface area contributed by atoms with Crippen LogP contribution in [0.3, 0.4) is 0 Å². The van der Waals surface area contributed by atoms with Crippen LogP contribution in [0.1, 0.15) is 37.8 Å². The third kappa shape index (κ3) is 6.68. The van der Waals surface area contributed by atoms with Gasteiger partial charge in [-0.15, -0.1) is 0 Å². The number of ether oxygens (including phenoxy) is 2. The van der Waals surface area contributed by atoms with Crippen molar-refractivity contribution in [1.82, 2.24) is 15.1 Å². The SMILES string of the molecule is CCOc1ccc(-c2ccc(=O)n(CCNC(=O)COc3cc(C)ccc3C(C)C)n2)cc1. The van der Waals surface area contributed by atoms with Crippen LogP contribution in [0, 0.1) is 6.92 Å². The van der Waals surface area contributed by atoms with Gasteiger partial charge in [0.2, 0.25) is 0 Å². The van der Waals surface area contributed by atoms with Crippen LogP contribution in [0.4, 0.5) is 0 Å². The third-order valence-electron chi connectivity index (χ3n) is 5.12. The van der Waals surface area contributed by atoms with E-state index in [1.54, 1.807) is 6.07 Å². The van der Waals surface area contributed by atoms with Crippen molar-refractivity contribution >= 4 is 5.91 Å². The van der Waals surface area contributed by atoms with Crippen molar-refractivity contribution in [3.05, 3.63) is 76.1 Å². The summed E-state index contributed by atoms with van der Waals surface area (Å²) in [6, 6.07) is 16.7. The van der Waals surface area contributed by atoms with Crippen LogP contribution >= 0.6 is 0 Å². The summed E-state index contributed by atoms with van der Waals surface area (Å²) in [5, 5.41) is 7.22. The third-order valence-corrected chi connectivity index (χ3v) is 5.12. The van der Waals surface area contributed by atoms with Crippen LogP contribution in [0.15, 0.2) is 59.4 Å². The van der Waals surface area contributed by atoms with Gasteiger partial charge in [-0.3, -0.25) is 9.59 Å². The second-order valence-electron chi connectivity index (χ2n) is 8.07. The van der Waals surface area contributed by atoms with E-state index >= 15 is 0 Å². The maximum atomic E-state index is 12.3. The molecule has 0 aliphatic carbocycles. The van der Waals surface area contributed by atoms with E-state index in [1.165, 1.54) is 10.7 Å². The van der Waals surface area contributed by atoms with Gasteiger partial charge in [-0.05, 0) is 67.3 Å². The lowest BCUT2D eigenvalue weighted by atomic mass is 10.0. The Morgan fingerprint density at radius 2 is 1.82 bits per heavy atom. The zero-order chi connectivity index (χ0) is 23.8. The van der Waals surface area contributed by atoms with Crippen LogP contribution in [-0.2, 0) is 11.3 Å². The number of benzene rings is 2. The molecule has 1 N–H and O–H groups in total. The van der Waals surface area contributed by atoms with Crippen molar-refractivity contribution in [2.75, 3.05) is 19.8 Å². The van der Waals surface area contributed by atoms with Gasteiger partial charge in [0, 0.05) is 18.2 Å². The molecule has 33 heavy (non-hydrogen) atoms. The largest absolute Gasteiger partial charge is 0.494 e. The maximum Gasteiger partial charge on any atom is 0.266 e. The van der Waals surface area contributed by atoms with Gasteiger partial charge in [0.25, 0.3) is 11.5 Å². The second kappa shape index (κ2) is 11.3. The Kier molecular flexibility index (Phi) is 8.24. The monoisotopic (exact) mass is 449 g/mol. The average Bonchev–Trinajstić information content (AvgIpc) is 2.79. The van der Waals surface area contributed by atoms with E-state index in [4.69, 9.17) is 9.47 Å². The highest BCUT2D eigenvalue weighted by molar-refractivity contribution is 5.77. The molecule has 174 valence electrons. The molecule has 0 saturated heterocycles. The Morgan fingerprint density at radius 1 is 1.06 bits per heavy atom. The van der Waals surface area contributed by atoms with Crippen molar-refractivity contribution < 1.29 is 14.3 Å². The zero-order valence-corrected chi connectivity index (χ0v) is 19.6. The Balaban J connectivity index is 1.56. The van der Waals surface area contributed by atoms with E-state index in [-0.39, 0.29) is 31.2 Å². The van der Waals surface area contributed by atoms with Gasteiger partial charge < -0.3 is 14.8 Å². The molecule has 2 aromatic carbocycles. The summed E-state index contributed by atoms with van der Waals surface area (Å²) in [5.41, 5.74) is 3.47. The highest BCUT2D eigenvalue weighted by Crippen LogP contribution is 2.27. The number of aromatic nitrogens is 2. The minimum Gasteiger partial charge on any atom is -0.494 e. The molecule has 0 aliphatic rings. The summed E-state index contributed by atoms with van der Waals surface area (Å²) in [5.74, 6) is 1.55. The Morgan fingerprint density at radius 3 is 2.52 bits per heavy atom. The van der Waals surface area contributed by atoms with Gasteiger partial charge in [-0.1, -0.05) is 26.0 Å². The van der Waals surface area contributed by atoms with E-state index in [0.717, 1.165) is 28.2 Å². The van der Waals surface area contributed by atoms with Crippen molar-refractivity contribution in [1.29, 1.82) is 0 Å². The maximum absolute atomic E-state index is 12.3. The fraction of sp³-hybridized carbons (Fsp3) is 0.346. The van der Waals surface area contributed by atoms with Crippen molar-refractivity contribution in [2.45, 2.75) is 40.2 Å². The molecule has 0 unspecified atom stereocenters. The molecular formula is C26H31N3O4. The predicted octanol–water partition coefficient (Wildman–Crippen LogP) is 3.94. The number of carbonyl (C=O) groups excluding carboxylic acids is 1. The Labute approximate surface area is 194 Å². The lowest BCUT2D eigenvalue weighted by molar-refractivity contribution is -0.123. The average molecular weight is 450 g/mol. The molecule has 3 rings (SSSR count). The first-order valence-corrected chi connectivity index (χ1v) is 11.2. The normalized spacial score (nSPS) is 10.8. The Bertz CT molecular complexity index is 1140. The summed E-state index contributed by atoms with van der Waals surface area (Å²) >= 11 is 0. The summed E-state index contributed by atoms with van der Waals surface area (Å²) in [7, 11) is 0. The van der Waals surface area contributed by atoms with Crippen molar-refractivity contribution in [3.63, 3.8) is 0 Å². The minimum atomic E-state index is -0.248. The van der Waals surface area contributed by atoms with Crippen LogP contribution in [0.25, 0.3) is 11.3 Å². The van der Waals surface area contributed by atoms with Gasteiger partial charge >= 0.3 is 0 Å². The van der Waals surface area contributed by atoms with Gasteiger partial charge in [0.05, 0.1) is 18.8 Å². The number of aryl methyl sites for hydroxylation is 1. The first-order chi connectivity index (χ1) is 15.9. The van der Waals surface area contributed by atoms with E-state index in [1.807, 2.05) is 56.3 Å². The fourth-order valence-electron chi connectivity index (χ4n) is 3.39. The standard InChI is InChI=1S/C26H31N3O4/c1-5-32-21-9-7-20(8-10-21)23-12-13-26(31)29(28-23)15-14-27-25(30)17-33-24-16-19(4)6-11-22(24)18(2)3/h6-13,16,18H,5,14-15,17H2,1-4H3,(H,27,30). The molecule has 1 aromatic heterocycles. The molecular weight excluding hydrogens is 418 g/mol. The number of nitrogens with one attached hydrogen (secondary N) is 1. The minimum absolute atomic E-state index is 0.0856. The summed E-state index contributed by atoms with van der Waals surface area (Å²) in [4.78, 5) is 24.5. The fourth-order valence-corrected chi connectivity index (χ4v) is 3.39. The molecule has 7 heteroatoms. The van der Waals surface area contributed by atoms with E-state index < -0.39 is 0 Å². The van der Waals surface area contributed by atoms with Gasteiger partial charge in [0.15, 0.2) is 6.61 Å². The Hall–Kier alpha value is -3.61. The molecule has 0 fully saturated rings. The van der Waals surface area contributed by atoms with Gasteiger partial charge in [0.1, 0.15) is 11.5 Å². The van der Waals surface area contributed by atoms with Crippen LogP contribution < -0.4 is 20.3 Å². The van der Waals surface area contributed by atoms with Gasteiger partial charge in [-0.25, -0.2) is 4.68 Å². The van der Waals surface area contributed by atoms with E-state index in [0.29, 0.717) is 18.2 Å². The number of nitrogens with zero attached hydrogens (tertiary/aromatic N) is 2. The highest BCUT2D eigenvalue weighted by atomic mass is 16.5. The predicted molar refractivity (Wildman–Crippen MR) is 129 cm³/mol. The van der Waals surface area contributed by atoms with Crippen LogP contribution in [0.2, 0.25) is 0 Å². The van der Waals surface area contributed by atoms with Gasteiger partial charge in [-0.2, -0.15) is 5.10 Å². The molecule has 1 amide bonds. The quantitative estimate of drug-likeness (QED) is 0.507. The molecule has 0 spiro atoms. The molecule has 3 aromatic rings. The second-order valence-corrected chi connectivity index (χ2v) is 8.07. The zero-order valence-electron chi connectivity index (χ0n) is 19.6. The number of hydrogen-bond donors (Lipinski definition) is 1. The molecule has 0 radical (unpaired) electrons. The highest BCUT2D eigenvalue weighted by Gasteiger charge is 2.11. The summed E-state index contributed by atoms with van der Waals surface area (Å²) in [6.07, 6.45) is 0. The van der Waals surface area contributed by atoms with Crippen molar-refractivity contribution in [2.24, 2.45) is 0 Å². The molecule has 0 atom stereocenters. The molecule has 0 aliphatic heterocycles. The first-order valence-electron chi connectivity index (χ1n) is 11.2. The summed E-state index contributed by atoms with van der Waals surface area (Å²) in [6.45, 7) is 9.14. The van der Waals surface area contributed by atoms with E-state index in [9.17, 15) is 9.59 Å². The topological polar surface area (TPSA) is 82.5 Å². The number of hydrogen-bond acceptors (Lipinski definition) is 5. The molecule has 0 bridgehead atoms.